The van der Waals surface area contributed by atoms with E-state index in [0.717, 1.165) is 42.9 Å². The molecule has 0 saturated carbocycles. The predicted octanol–water partition coefficient (Wildman–Crippen LogP) is 4.21. The zero-order valence-corrected chi connectivity index (χ0v) is 16.9. The van der Waals surface area contributed by atoms with Gasteiger partial charge in [-0.1, -0.05) is 6.92 Å². The Kier molecular flexibility index (Phi) is 6.39. The monoisotopic (exact) mass is 389 g/mol. The minimum absolute atomic E-state index is 0.0394. The fraction of sp³-hybridized carbons (Fsp3) is 0.476. The molecule has 1 aromatic heterocycles. The number of aryl methyl sites for hydroxylation is 1. The summed E-state index contributed by atoms with van der Waals surface area (Å²) in [6.45, 7) is 3.56. The number of hydrogen-bond acceptors (Lipinski definition) is 5. The molecule has 1 N–H and O–H groups in total. The van der Waals surface area contributed by atoms with E-state index in [4.69, 9.17) is 9.47 Å². The first kappa shape index (κ1) is 19.7. The fourth-order valence-electron chi connectivity index (χ4n) is 3.76. The third kappa shape index (κ3) is 4.28. The third-order valence-corrected chi connectivity index (χ3v) is 6.48. The molecule has 1 fully saturated rings. The number of rotatable bonds is 7. The minimum atomic E-state index is -0.712. The summed E-state index contributed by atoms with van der Waals surface area (Å²) in [6.07, 6.45) is 2.61. The molecule has 1 aromatic carbocycles. The molecule has 2 heterocycles. The van der Waals surface area contributed by atoms with Gasteiger partial charge in [-0.15, -0.1) is 11.3 Å². The molecule has 2 atom stereocenters. The summed E-state index contributed by atoms with van der Waals surface area (Å²) < 4.78 is 11.1. The first-order chi connectivity index (χ1) is 13.1. The number of benzene rings is 1. The van der Waals surface area contributed by atoms with Crippen molar-refractivity contribution in [2.45, 2.75) is 32.2 Å². The average Bonchev–Trinajstić information content (AvgIpc) is 3.17. The number of likely N-dealkylation sites (tertiary alicyclic amines) is 1. The van der Waals surface area contributed by atoms with E-state index in [1.807, 2.05) is 18.2 Å². The highest BCUT2D eigenvalue weighted by atomic mass is 32.1. The molecule has 27 heavy (non-hydrogen) atoms. The van der Waals surface area contributed by atoms with Crippen LogP contribution in [-0.2, 0) is 11.2 Å². The second-order valence-electron chi connectivity index (χ2n) is 6.84. The van der Waals surface area contributed by atoms with Crippen LogP contribution in [0.15, 0.2) is 30.3 Å². The molecule has 0 spiro atoms. The molecule has 1 saturated heterocycles. The number of hydrogen-bond donors (Lipinski definition) is 1. The van der Waals surface area contributed by atoms with Crippen LogP contribution in [0.1, 0.15) is 41.1 Å². The minimum Gasteiger partial charge on any atom is -0.497 e. The van der Waals surface area contributed by atoms with Crippen molar-refractivity contribution < 1.29 is 19.4 Å². The molecular weight excluding hydrogens is 362 g/mol. The SMILES string of the molecule is CCc1ccc(C(c2cc(OC)ccc2OC)N2CCCC(C(=O)O)C2)s1. The molecule has 5 nitrogen and oxygen atoms in total. The largest absolute Gasteiger partial charge is 0.497 e. The fourth-order valence-corrected chi connectivity index (χ4v) is 4.86. The van der Waals surface area contributed by atoms with E-state index in [2.05, 4.69) is 24.0 Å². The summed E-state index contributed by atoms with van der Waals surface area (Å²) in [4.78, 5) is 16.4. The Morgan fingerprint density at radius 3 is 2.74 bits per heavy atom. The van der Waals surface area contributed by atoms with Gasteiger partial charge in [-0.05, 0) is 56.1 Å². The number of thiophene rings is 1. The number of piperidine rings is 1. The Balaban J connectivity index is 2.06. The summed E-state index contributed by atoms with van der Waals surface area (Å²) in [5.41, 5.74) is 1.02. The highest BCUT2D eigenvalue weighted by Crippen LogP contribution is 2.41. The normalized spacial score (nSPS) is 18.9. The van der Waals surface area contributed by atoms with Crippen LogP contribution in [0.25, 0.3) is 0 Å². The van der Waals surface area contributed by atoms with Crippen LogP contribution in [0.2, 0.25) is 0 Å². The number of aliphatic carboxylic acids is 1. The van der Waals surface area contributed by atoms with Crippen molar-refractivity contribution >= 4 is 17.3 Å². The maximum absolute atomic E-state index is 11.6. The summed E-state index contributed by atoms with van der Waals surface area (Å²) in [6, 6.07) is 10.1. The number of carboxylic acid groups (broad SMARTS) is 1. The van der Waals surface area contributed by atoms with Crippen LogP contribution < -0.4 is 9.47 Å². The van der Waals surface area contributed by atoms with E-state index in [1.165, 1.54) is 9.75 Å². The van der Waals surface area contributed by atoms with E-state index >= 15 is 0 Å². The van der Waals surface area contributed by atoms with Crippen molar-refractivity contribution in [1.29, 1.82) is 0 Å². The first-order valence-electron chi connectivity index (χ1n) is 9.34. The quantitative estimate of drug-likeness (QED) is 0.769. The van der Waals surface area contributed by atoms with Gasteiger partial charge >= 0.3 is 5.97 Å². The number of ether oxygens (including phenoxy) is 2. The van der Waals surface area contributed by atoms with E-state index in [0.29, 0.717) is 6.54 Å². The van der Waals surface area contributed by atoms with Gasteiger partial charge in [0.2, 0.25) is 0 Å². The molecule has 0 amide bonds. The Labute approximate surface area is 164 Å². The number of nitrogens with zero attached hydrogens (tertiary/aromatic N) is 1. The van der Waals surface area contributed by atoms with Crippen molar-refractivity contribution in [3.05, 3.63) is 45.6 Å². The maximum Gasteiger partial charge on any atom is 0.307 e. The second kappa shape index (κ2) is 8.76. The van der Waals surface area contributed by atoms with Crippen molar-refractivity contribution in [2.75, 3.05) is 27.3 Å². The summed E-state index contributed by atoms with van der Waals surface area (Å²) in [5.74, 6) is 0.527. The van der Waals surface area contributed by atoms with Gasteiger partial charge in [0.25, 0.3) is 0 Å². The second-order valence-corrected chi connectivity index (χ2v) is 8.04. The molecule has 146 valence electrons. The van der Waals surface area contributed by atoms with Gasteiger partial charge in [-0.3, -0.25) is 9.69 Å². The topological polar surface area (TPSA) is 59.0 Å². The van der Waals surface area contributed by atoms with Crippen LogP contribution in [0, 0.1) is 5.92 Å². The Bertz CT molecular complexity index is 788. The molecular formula is C21H27NO4S. The third-order valence-electron chi connectivity index (χ3n) is 5.20. The van der Waals surface area contributed by atoms with Gasteiger partial charge in [0.1, 0.15) is 11.5 Å². The first-order valence-corrected chi connectivity index (χ1v) is 10.2. The van der Waals surface area contributed by atoms with Crippen molar-refractivity contribution in [2.24, 2.45) is 5.92 Å². The number of carbonyl (C=O) groups is 1. The lowest BCUT2D eigenvalue weighted by Gasteiger charge is -2.37. The lowest BCUT2D eigenvalue weighted by atomic mass is 9.93. The molecule has 2 unspecified atom stereocenters. The van der Waals surface area contributed by atoms with Gasteiger partial charge in [0.05, 0.1) is 26.2 Å². The Morgan fingerprint density at radius 1 is 1.30 bits per heavy atom. The van der Waals surface area contributed by atoms with Crippen LogP contribution >= 0.6 is 11.3 Å². The number of carboxylic acids is 1. The van der Waals surface area contributed by atoms with Crippen molar-refractivity contribution in [3.63, 3.8) is 0 Å². The zero-order valence-electron chi connectivity index (χ0n) is 16.1. The average molecular weight is 390 g/mol. The van der Waals surface area contributed by atoms with Crippen molar-refractivity contribution in [3.8, 4) is 11.5 Å². The van der Waals surface area contributed by atoms with Crippen LogP contribution in [0.5, 0.6) is 11.5 Å². The summed E-state index contributed by atoms with van der Waals surface area (Å²) >= 11 is 1.79. The van der Waals surface area contributed by atoms with Gasteiger partial charge in [0, 0.05) is 21.9 Å². The summed E-state index contributed by atoms with van der Waals surface area (Å²) in [5, 5.41) is 9.54. The van der Waals surface area contributed by atoms with Crippen molar-refractivity contribution in [1.82, 2.24) is 4.90 Å². The lowest BCUT2D eigenvalue weighted by molar-refractivity contribution is -0.143. The molecule has 0 bridgehead atoms. The van der Waals surface area contributed by atoms with E-state index < -0.39 is 5.97 Å². The van der Waals surface area contributed by atoms with Crippen LogP contribution in [0.4, 0.5) is 0 Å². The zero-order chi connectivity index (χ0) is 19.4. The molecule has 6 heteroatoms. The Hall–Kier alpha value is -2.05. The van der Waals surface area contributed by atoms with Gasteiger partial charge in [-0.2, -0.15) is 0 Å². The van der Waals surface area contributed by atoms with Crippen LogP contribution in [-0.4, -0.2) is 43.3 Å². The van der Waals surface area contributed by atoms with Gasteiger partial charge in [-0.25, -0.2) is 0 Å². The Morgan fingerprint density at radius 2 is 2.11 bits per heavy atom. The molecule has 3 rings (SSSR count). The maximum atomic E-state index is 11.6. The highest BCUT2D eigenvalue weighted by molar-refractivity contribution is 7.12. The molecule has 1 aliphatic heterocycles. The standard InChI is InChI=1S/C21H27NO4S/c1-4-16-8-10-19(27-16)20(22-11-5-6-14(13-22)21(23)24)17-12-15(25-2)7-9-18(17)26-3/h7-10,12,14,20H,4-6,11,13H2,1-3H3,(H,23,24). The molecule has 2 aromatic rings. The van der Waals surface area contributed by atoms with E-state index in [9.17, 15) is 9.90 Å². The number of methoxy groups -OCH3 is 2. The van der Waals surface area contributed by atoms with Gasteiger partial charge < -0.3 is 14.6 Å². The van der Waals surface area contributed by atoms with E-state index in [-0.39, 0.29) is 12.0 Å². The smallest absolute Gasteiger partial charge is 0.307 e. The highest BCUT2D eigenvalue weighted by Gasteiger charge is 2.33. The van der Waals surface area contributed by atoms with E-state index in [1.54, 1.807) is 25.6 Å². The van der Waals surface area contributed by atoms with Crippen LogP contribution in [0.3, 0.4) is 0 Å². The molecule has 0 aliphatic carbocycles. The predicted molar refractivity (Wildman–Crippen MR) is 107 cm³/mol. The molecule has 1 aliphatic rings. The lowest BCUT2D eigenvalue weighted by Crippen LogP contribution is -2.41. The summed E-state index contributed by atoms with van der Waals surface area (Å²) in [7, 11) is 3.33. The molecule has 0 radical (unpaired) electrons. The van der Waals surface area contributed by atoms with Gasteiger partial charge in [0.15, 0.2) is 0 Å².